The fraction of sp³-hybridized carbons (Fsp3) is 0.500. The summed E-state index contributed by atoms with van der Waals surface area (Å²) in [7, 11) is 0. The van der Waals surface area contributed by atoms with Crippen molar-refractivity contribution < 1.29 is 4.42 Å². The maximum Gasteiger partial charge on any atom is 0.127 e. The quantitative estimate of drug-likeness (QED) is 0.863. The Labute approximate surface area is 112 Å². The fourth-order valence-corrected chi connectivity index (χ4v) is 3.06. The molecule has 2 heterocycles. The van der Waals surface area contributed by atoms with E-state index in [9.17, 15) is 0 Å². The summed E-state index contributed by atoms with van der Waals surface area (Å²) in [5, 5.41) is 4.46. The highest BCUT2D eigenvalue weighted by molar-refractivity contribution is 7.15. The maximum absolute atomic E-state index is 5.36. The van der Waals surface area contributed by atoms with Gasteiger partial charge in [-0.1, -0.05) is 20.3 Å². The summed E-state index contributed by atoms with van der Waals surface area (Å²) in [6, 6.07) is 2.00. The lowest BCUT2D eigenvalue weighted by Gasteiger charge is -2.00. The molecule has 2 rings (SSSR count). The molecule has 0 bridgehead atoms. The van der Waals surface area contributed by atoms with Crippen molar-refractivity contribution in [2.75, 3.05) is 6.54 Å². The molecule has 0 spiro atoms. The molecule has 0 amide bonds. The first-order valence-electron chi connectivity index (χ1n) is 6.50. The van der Waals surface area contributed by atoms with Crippen LogP contribution in [0.2, 0.25) is 0 Å². The van der Waals surface area contributed by atoms with Crippen molar-refractivity contribution in [3.05, 3.63) is 28.7 Å². The molecular formula is C14H20N2OS. The third-order valence-corrected chi connectivity index (χ3v) is 4.02. The molecule has 0 atom stereocenters. The molecule has 4 heteroatoms. The van der Waals surface area contributed by atoms with Crippen LogP contribution in [0.4, 0.5) is 0 Å². The molecule has 98 valence electrons. The van der Waals surface area contributed by atoms with Crippen LogP contribution in [-0.2, 0) is 13.0 Å². The molecule has 0 saturated carbocycles. The minimum absolute atomic E-state index is 0.917. The molecule has 0 aliphatic heterocycles. The highest BCUT2D eigenvalue weighted by atomic mass is 32.1. The van der Waals surface area contributed by atoms with E-state index in [0.717, 1.165) is 42.3 Å². The van der Waals surface area contributed by atoms with E-state index in [1.54, 1.807) is 17.6 Å². The van der Waals surface area contributed by atoms with Crippen molar-refractivity contribution in [3.8, 4) is 10.6 Å². The van der Waals surface area contributed by atoms with E-state index in [4.69, 9.17) is 9.40 Å². The van der Waals surface area contributed by atoms with E-state index in [2.05, 4.69) is 19.2 Å². The summed E-state index contributed by atoms with van der Waals surface area (Å²) < 4.78 is 5.36. The first-order valence-corrected chi connectivity index (χ1v) is 7.31. The van der Waals surface area contributed by atoms with Gasteiger partial charge in [0.25, 0.3) is 0 Å². The molecule has 1 N–H and O–H groups in total. The Morgan fingerprint density at radius 2 is 2.22 bits per heavy atom. The molecule has 0 unspecified atom stereocenters. The molecule has 2 aromatic rings. The molecule has 0 aliphatic rings. The number of aryl methyl sites for hydroxylation is 2. The largest absolute Gasteiger partial charge is 0.469 e. The van der Waals surface area contributed by atoms with Crippen molar-refractivity contribution in [3.63, 3.8) is 0 Å². The van der Waals surface area contributed by atoms with Gasteiger partial charge < -0.3 is 9.73 Å². The predicted molar refractivity (Wildman–Crippen MR) is 75.9 cm³/mol. The summed E-state index contributed by atoms with van der Waals surface area (Å²) in [5.74, 6) is 0.946. The van der Waals surface area contributed by atoms with Gasteiger partial charge in [-0.15, -0.1) is 11.3 Å². The second-order valence-electron chi connectivity index (χ2n) is 4.31. The van der Waals surface area contributed by atoms with Crippen molar-refractivity contribution >= 4 is 11.3 Å². The van der Waals surface area contributed by atoms with Gasteiger partial charge in [-0.3, -0.25) is 0 Å². The SMILES string of the molecule is CCCc1nc(-c2ccoc2C)sc1CNCC. The van der Waals surface area contributed by atoms with Gasteiger partial charge in [0.2, 0.25) is 0 Å². The molecule has 0 radical (unpaired) electrons. The molecule has 3 nitrogen and oxygen atoms in total. The van der Waals surface area contributed by atoms with E-state index >= 15 is 0 Å². The normalized spacial score (nSPS) is 11.1. The van der Waals surface area contributed by atoms with Crippen LogP contribution >= 0.6 is 11.3 Å². The average Bonchev–Trinajstić information content (AvgIpc) is 2.94. The second-order valence-corrected chi connectivity index (χ2v) is 5.39. The standard InChI is InChI=1S/C14H20N2OS/c1-4-6-12-13(9-15-5-2)18-14(16-12)11-7-8-17-10(11)3/h7-8,15H,4-6,9H2,1-3H3. The molecule has 0 saturated heterocycles. The fourth-order valence-electron chi connectivity index (χ4n) is 1.91. The van der Waals surface area contributed by atoms with Crippen molar-refractivity contribution in [2.24, 2.45) is 0 Å². The van der Waals surface area contributed by atoms with Crippen LogP contribution in [0.1, 0.15) is 36.6 Å². The predicted octanol–water partition coefficient (Wildman–Crippen LogP) is 3.77. The zero-order chi connectivity index (χ0) is 13.0. The summed E-state index contributed by atoms with van der Waals surface area (Å²) in [6.07, 6.45) is 3.91. The molecule has 0 aliphatic carbocycles. The van der Waals surface area contributed by atoms with E-state index in [1.165, 1.54) is 10.6 Å². The minimum atomic E-state index is 0.917. The van der Waals surface area contributed by atoms with Crippen LogP contribution in [0.5, 0.6) is 0 Å². The van der Waals surface area contributed by atoms with E-state index < -0.39 is 0 Å². The smallest absolute Gasteiger partial charge is 0.127 e. The van der Waals surface area contributed by atoms with Crippen LogP contribution in [-0.4, -0.2) is 11.5 Å². The number of aromatic nitrogens is 1. The second kappa shape index (κ2) is 6.16. The van der Waals surface area contributed by atoms with E-state index in [0.29, 0.717) is 0 Å². The van der Waals surface area contributed by atoms with Crippen LogP contribution in [0, 0.1) is 6.92 Å². The first-order chi connectivity index (χ1) is 8.76. The van der Waals surface area contributed by atoms with E-state index in [-0.39, 0.29) is 0 Å². The molecule has 0 fully saturated rings. The van der Waals surface area contributed by atoms with Crippen LogP contribution in [0.15, 0.2) is 16.7 Å². The van der Waals surface area contributed by atoms with Crippen LogP contribution in [0.25, 0.3) is 10.6 Å². The third kappa shape index (κ3) is 2.82. The Morgan fingerprint density at radius 3 is 2.83 bits per heavy atom. The Balaban J connectivity index is 2.29. The Bertz CT molecular complexity index is 502. The monoisotopic (exact) mass is 264 g/mol. The summed E-state index contributed by atoms with van der Waals surface area (Å²) in [4.78, 5) is 6.13. The number of thiazole rings is 1. The van der Waals surface area contributed by atoms with Crippen molar-refractivity contribution in [2.45, 2.75) is 40.2 Å². The van der Waals surface area contributed by atoms with Gasteiger partial charge in [-0.05, 0) is 26.0 Å². The van der Waals surface area contributed by atoms with E-state index in [1.807, 2.05) is 13.0 Å². The van der Waals surface area contributed by atoms with Gasteiger partial charge in [0.05, 0.1) is 17.5 Å². The maximum atomic E-state index is 5.36. The number of hydrogen-bond acceptors (Lipinski definition) is 4. The zero-order valence-electron chi connectivity index (χ0n) is 11.2. The van der Waals surface area contributed by atoms with Gasteiger partial charge in [-0.2, -0.15) is 0 Å². The van der Waals surface area contributed by atoms with Gasteiger partial charge in [0.15, 0.2) is 0 Å². The molecule has 2 aromatic heterocycles. The Morgan fingerprint density at radius 1 is 1.39 bits per heavy atom. The van der Waals surface area contributed by atoms with Gasteiger partial charge >= 0.3 is 0 Å². The lowest BCUT2D eigenvalue weighted by atomic mass is 10.2. The van der Waals surface area contributed by atoms with Crippen molar-refractivity contribution in [1.82, 2.24) is 10.3 Å². The summed E-state index contributed by atoms with van der Waals surface area (Å²) in [6.45, 7) is 8.21. The number of rotatable bonds is 6. The summed E-state index contributed by atoms with van der Waals surface area (Å²) in [5.41, 5.74) is 2.36. The number of nitrogens with one attached hydrogen (secondary N) is 1. The highest BCUT2D eigenvalue weighted by Crippen LogP contribution is 2.31. The lowest BCUT2D eigenvalue weighted by Crippen LogP contribution is -2.11. The first kappa shape index (κ1) is 13.3. The summed E-state index contributed by atoms with van der Waals surface area (Å²) >= 11 is 1.78. The zero-order valence-corrected chi connectivity index (χ0v) is 12.1. The topological polar surface area (TPSA) is 38.1 Å². The minimum Gasteiger partial charge on any atom is -0.469 e. The van der Waals surface area contributed by atoms with Crippen LogP contribution in [0.3, 0.4) is 0 Å². The Kier molecular flexibility index (Phi) is 4.55. The van der Waals surface area contributed by atoms with Crippen molar-refractivity contribution in [1.29, 1.82) is 0 Å². The highest BCUT2D eigenvalue weighted by Gasteiger charge is 2.14. The number of hydrogen-bond donors (Lipinski definition) is 1. The molecule has 0 aromatic carbocycles. The number of nitrogens with zero attached hydrogens (tertiary/aromatic N) is 1. The number of furan rings is 1. The average molecular weight is 264 g/mol. The van der Waals surface area contributed by atoms with Gasteiger partial charge in [0, 0.05) is 11.4 Å². The van der Waals surface area contributed by atoms with Crippen LogP contribution < -0.4 is 5.32 Å². The Hall–Kier alpha value is -1.13. The molecular weight excluding hydrogens is 244 g/mol. The third-order valence-electron chi connectivity index (χ3n) is 2.89. The van der Waals surface area contributed by atoms with Gasteiger partial charge in [-0.25, -0.2) is 4.98 Å². The lowest BCUT2D eigenvalue weighted by molar-refractivity contribution is 0.535. The molecule has 18 heavy (non-hydrogen) atoms. The van der Waals surface area contributed by atoms with Gasteiger partial charge in [0.1, 0.15) is 10.8 Å².